The molecular weight excluding hydrogens is 212 g/mol. The number of nitrogens with zero attached hydrogens (tertiary/aromatic N) is 2. The summed E-state index contributed by atoms with van der Waals surface area (Å²) in [5.41, 5.74) is 7.98. The lowest BCUT2D eigenvalue weighted by Gasteiger charge is -2.32. The Morgan fingerprint density at radius 3 is 2.41 bits per heavy atom. The van der Waals surface area contributed by atoms with Gasteiger partial charge in [-0.15, -0.1) is 0 Å². The summed E-state index contributed by atoms with van der Waals surface area (Å²) in [6, 6.07) is 0.487. The van der Waals surface area contributed by atoms with Gasteiger partial charge < -0.3 is 11.1 Å². The molecule has 0 aromatic carbocycles. The number of aryl methyl sites for hydroxylation is 1. The van der Waals surface area contributed by atoms with Gasteiger partial charge in [-0.2, -0.15) is 5.10 Å². The molecule has 1 saturated carbocycles. The highest BCUT2D eigenvalue weighted by atomic mass is 15.3. The minimum atomic E-state index is 0.371. The van der Waals surface area contributed by atoms with E-state index in [-0.39, 0.29) is 0 Å². The Bertz CT molecular complexity index is 390. The Morgan fingerprint density at radius 2 is 2.00 bits per heavy atom. The first-order valence-electron chi connectivity index (χ1n) is 6.59. The van der Waals surface area contributed by atoms with Crippen LogP contribution in [0.3, 0.4) is 0 Å². The fourth-order valence-electron chi connectivity index (χ4n) is 2.43. The van der Waals surface area contributed by atoms with Crippen LogP contribution in [-0.2, 0) is 7.05 Å². The lowest BCUT2D eigenvalue weighted by Crippen LogP contribution is -2.31. The molecule has 3 N–H and O–H groups in total. The molecule has 0 radical (unpaired) electrons. The van der Waals surface area contributed by atoms with E-state index in [2.05, 4.69) is 31.2 Å². The Morgan fingerprint density at radius 1 is 1.35 bits per heavy atom. The lowest BCUT2D eigenvalue weighted by molar-refractivity contribution is 0.284. The predicted octanol–water partition coefficient (Wildman–Crippen LogP) is 2.73. The zero-order valence-corrected chi connectivity index (χ0v) is 11.3. The van der Waals surface area contributed by atoms with Crippen molar-refractivity contribution in [3.8, 4) is 0 Å². The van der Waals surface area contributed by atoms with E-state index in [1.165, 1.54) is 19.3 Å². The van der Waals surface area contributed by atoms with E-state index in [0.717, 1.165) is 23.1 Å². The minimum Gasteiger partial charge on any atom is -0.394 e. The molecule has 4 heteroatoms. The van der Waals surface area contributed by atoms with Crippen molar-refractivity contribution >= 4 is 11.5 Å². The van der Waals surface area contributed by atoms with Crippen LogP contribution >= 0.6 is 0 Å². The van der Waals surface area contributed by atoms with E-state index in [1.807, 2.05) is 11.7 Å². The number of rotatable bonds is 4. The minimum absolute atomic E-state index is 0.371. The van der Waals surface area contributed by atoms with Gasteiger partial charge in [0.1, 0.15) is 5.82 Å². The third-order valence-electron chi connectivity index (χ3n) is 3.88. The summed E-state index contributed by atoms with van der Waals surface area (Å²) < 4.78 is 1.87. The summed E-state index contributed by atoms with van der Waals surface area (Å²) in [4.78, 5) is 0. The molecule has 1 aliphatic carbocycles. The molecule has 1 aromatic rings. The first-order chi connectivity index (χ1) is 8.00. The van der Waals surface area contributed by atoms with Gasteiger partial charge in [-0.1, -0.05) is 20.3 Å². The van der Waals surface area contributed by atoms with Crippen LogP contribution in [0.4, 0.5) is 11.5 Å². The molecule has 0 amide bonds. The summed E-state index contributed by atoms with van der Waals surface area (Å²) in [7, 11) is 1.96. The van der Waals surface area contributed by atoms with E-state index in [9.17, 15) is 0 Å². The van der Waals surface area contributed by atoms with Crippen molar-refractivity contribution in [3.63, 3.8) is 0 Å². The maximum absolute atomic E-state index is 6.17. The fourth-order valence-corrected chi connectivity index (χ4v) is 2.43. The van der Waals surface area contributed by atoms with Crippen molar-refractivity contribution < 1.29 is 0 Å². The average molecular weight is 236 g/mol. The van der Waals surface area contributed by atoms with Gasteiger partial charge in [-0.25, -0.2) is 0 Å². The molecule has 1 aliphatic rings. The van der Waals surface area contributed by atoms with Crippen LogP contribution in [0, 0.1) is 5.92 Å². The number of hydrogen-bond acceptors (Lipinski definition) is 3. The molecule has 17 heavy (non-hydrogen) atoms. The van der Waals surface area contributed by atoms with Gasteiger partial charge in [0.25, 0.3) is 0 Å². The van der Waals surface area contributed by atoms with Gasteiger partial charge in [0, 0.05) is 13.1 Å². The second-order valence-electron chi connectivity index (χ2n) is 5.55. The zero-order chi connectivity index (χ0) is 12.6. The second kappa shape index (κ2) is 4.59. The lowest BCUT2D eigenvalue weighted by atomic mass is 9.80. The number of aromatic nitrogens is 2. The Kier molecular flexibility index (Phi) is 3.31. The molecule has 1 unspecified atom stereocenters. The predicted molar refractivity (Wildman–Crippen MR) is 72.1 cm³/mol. The summed E-state index contributed by atoms with van der Waals surface area (Å²) in [6.45, 7) is 6.49. The maximum atomic E-state index is 6.17. The average Bonchev–Trinajstić information content (AvgIpc) is 2.43. The number of anilines is 2. The van der Waals surface area contributed by atoms with Gasteiger partial charge in [0.15, 0.2) is 0 Å². The summed E-state index contributed by atoms with van der Waals surface area (Å²) >= 11 is 0. The van der Waals surface area contributed by atoms with E-state index in [4.69, 9.17) is 5.73 Å². The van der Waals surface area contributed by atoms with Crippen LogP contribution in [0.2, 0.25) is 0 Å². The molecule has 1 heterocycles. The third kappa shape index (κ3) is 2.26. The topological polar surface area (TPSA) is 55.9 Å². The Hall–Kier alpha value is -1.19. The van der Waals surface area contributed by atoms with Crippen LogP contribution in [0.25, 0.3) is 0 Å². The van der Waals surface area contributed by atoms with Crippen molar-refractivity contribution in [2.75, 3.05) is 11.1 Å². The van der Waals surface area contributed by atoms with Crippen LogP contribution in [0.1, 0.15) is 51.6 Å². The molecule has 1 aromatic heterocycles. The number of nitrogen functional groups attached to an aromatic ring is 1. The van der Waals surface area contributed by atoms with E-state index >= 15 is 0 Å². The molecule has 1 fully saturated rings. The van der Waals surface area contributed by atoms with Crippen LogP contribution in [0.15, 0.2) is 0 Å². The molecule has 0 aliphatic heterocycles. The monoisotopic (exact) mass is 236 g/mol. The van der Waals surface area contributed by atoms with Gasteiger partial charge >= 0.3 is 0 Å². The fraction of sp³-hybridized carbons (Fsp3) is 0.769. The van der Waals surface area contributed by atoms with Crippen molar-refractivity contribution in [3.05, 3.63) is 5.69 Å². The molecular formula is C13H24N4. The van der Waals surface area contributed by atoms with Crippen molar-refractivity contribution in [1.82, 2.24) is 9.78 Å². The maximum Gasteiger partial charge on any atom is 0.148 e. The van der Waals surface area contributed by atoms with Gasteiger partial charge in [0.05, 0.1) is 11.4 Å². The molecule has 0 bridgehead atoms. The smallest absolute Gasteiger partial charge is 0.148 e. The number of nitrogens with one attached hydrogen (secondary N) is 1. The molecule has 0 spiro atoms. The second-order valence-corrected chi connectivity index (χ2v) is 5.55. The number of nitrogens with two attached hydrogens (primary N) is 1. The van der Waals surface area contributed by atoms with Crippen molar-refractivity contribution in [2.45, 2.75) is 52.0 Å². The van der Waals surface area contributed by atoms with Crippen LogP contribution in [0.5, 0.6) is 0 Å². The quantitative estimate of drug-likeness (QED) is 0.845. The normalized spacial score (nSPS) is 18.2. The first kappa shape index (κ1) is 12.3. The zero-order valence-electron chi connectivity index (χ0n) is 11.3. The Balaban J connectivity index is 2.14. The molecule has 4 nitrogen and oxygen atoms in total. The van der Waals surface area contributed by atoms with Crippen molar-refractivity contribution in [2.24, 2.45) is 13.0 Å². The highest BCUT2D eigenvalue weighted by molar-refractivity contribution is 5.66. The van der Waals surface area contributed by atoms with Crippen LogP contribution in [-0.4, -0.2) is 15.8 Å². The van der Waals surface area contributed by atoms with E-state index in [1.54, 1.807) is 0 Å². The van der Waals surface area contributed by atoms with Crippen LogP contribution < -0.4 is 11.1 Å². The molecule has 96 valence electrons. The number of hydrogen-bond donors (Lipinski definition) is 2. The Labute approximate surface area is 104 Å². The van der Waals surface area contributed by atoms with E-state index in [0.29, 0.717) is 12.0 Å². The third-order valence-corrected chi connectivity index (χ3v) is 3.88. The van der Waals surface area contributed by atoms with Gasteiger partial charge in [-0.05, 0) is 31.6 Å². The molecule has 0 saturated heterocycles. The SMILES string of the molecule is CC(C)c1nn(C)c(NC(C)C2CCC2)c1N. The highest BCUT2D eigenvalue weighted by Gasteiger charge is 2.25. The van der Waals surface area contributed by atoms with E-state index < -0.39 is 0 Å². The van der Waals surface area contributed by atoms with Gasteiger partial charge in [0.2, 0.25) is 0 Å². The van der Waals surface area contributed by atoms with Gasteiger partial charge in [-0.3, -0.25) is 4.68 Å². The standard InChI is InChI=1S/C13H24N4/c1-8(2)12-11(14)13(17(4)16-12)15-9(3)10-6-5-7-10/h8-10,15H,5-7,14H2,1-4H3. The first-order valence-corrected chi connectivity index (χ1v) is 6.59. The molecule has 2 rings (SSSR count). The van der Waals surface area contributed by atoms with Crippen molar-refractivity contribution in [1.29, 1.82) is 0 Å². The summed E-state index contributed by atoms with van der Waals surface area (Å²) in [5, 5.41) is 8.03. The largest absolute Gasteiger partial charge is 0.394 e. The summed E-state index contributed by atoms with van der Waals surface area (Å²) in [6.07, 6.45) is 4.04. The summed E-state index contributed by atoms with van der Waals surface area (Å²) in [5.74, 6) is 2.15. The molecule has 1 atom stereocenters. The highest BCUT2D eigenvalue weighted by Crippen LogP contribution is 2.33.